The van der Waals surface area contributed by atoms with Crippen LogP contribution in [0.5, 0.6) is 5.75 Å². The molecule has 0 spiro atoms. The van der Waals surface area contributed by atoms with Crippen LogP contribution in [0, 0.1) is 0 Å². The number of benzene rings is 1. The van der Waals surface area contributed by atoms with Gasteiger partial charge >= 0.3 is 6.18 Å². The van der Waals surface area contributed by atoms with Gasteiger partial charge in [-0.2, -0.15) is 13.2 Å². The van der Waals surface area contributed by atoms with E-state index in [4.69, 9.17) is 15.2 Å². The second-order valence-electron chi connectivity index (χ2n) is 3.46. The summed E-state index contributed by atoms with van der Waals surface area (Å²) < 4.78 is 47.0. The summed E-state index contributed by atoms with van der Waals surface area (Å²) in [5, 5.41) is 0. The predicted octanol–water partition coefficient (Wildman–Crippen LogP) is 2.10. The maximum Gasteiger partial charge on any atom is 0.426 e. The van der Waals surface area contributed by atoms with Gasteiger partial charge in [0.05, 0.1) is 6.61 Å². The molecule has 3 nitrogen and oxygen atoms in total. The van der Waals surface area contributed by atoms with Crippen molar-refractivity contribution in [2.75, 3.05) is 13.7 Å². The first-order valence-electron chi connectivity index (χ1n) is 4.98. The predicted molar refractivity (Wildman–Crippen MR) is 56.7 cm³/mol. The minimum absolute atomic E-state index is 0.132. The Morgan fingerprint density at radius 3 is 2.59 bits per heavy atom. The molecule has 1 rings (SSSR count). The van der Waals surface area contributed by atoms with Crippen LogP contribution in [0.4, 0.5) is 13.2 Å². The zero-order valence-corrected chi connectivity index (χ0v) is 9.33. The standard InChI is InChI=1S/C11H14F3NO2/c1-16-7-8-3-2-4-9(5-8)17-10(6-15)11(12,13)14/h2-5,10H,6-7,15H2,1H3. The molecular formula is C11H14F3NO2. The molecule has 0 saturated carbocycles. The molecule has 1 atom stereocenters. The molecule has 0 amide bonds. The second-order valence-corrected chi connectivity index (χ2v) is 3.46. The Morgan fingerprint density at radius 1 is 1.35 bits per heavy atom. The van der Waals surface area contributed by atoms with Gasteiger partial charge in [-0.05, 0) is 17.7 Å². The van der Waals surface area contributed by atoms with Gasteiger partial charge in [0, 0.05) is 13.7 Å². The van der Waals surface area contributed by atoms with E-state index in [1.165, 1.54) is 19.2 Å². The molecule has 17 heavy (non-hydrogen) atoms. The normalized spacial score (nSPS) is 13.5. The van der Waals surface area contributed by atoms with Crippen molar-refractivity contribution in [1.82, 2.24) is 0 Å². The molecule has 0 aliphatic carbocycles. The number of hydrogen-bond acceptors (Lipinski definition) is 3. The average molecular weight is 249 g/mol. The Morgan fingerprint density at radius 2 is 2.06 bits per heavy atom. The van der Waals surface area contributed by atoms with E-state index in [0.717, 1.165) is 5.56 Å². The van der Waals surface area contributed by atoms with Gasteiger partial charge in [-0.3, -0.25) is 0 Å². The monoisotopic (exact) mass is 249 g/mol. The summed E-state index contributed by atoms with van der Waals surface area (Å²) in [6.45, 7) is -0.297. The van der Waals surface area contributed by atoms with Gasteiger partial charge in [-0.15, -0.1) is 0 Å². The minimum atomic E-state index is -4.47. The fourth-order valence-electron chi connectivity index (χ4n) is 1.29. The van der Waals surface area contributed by atoms with E-state index < -0.39 is 18.8 Å². The van der Waals surface area contributed by atoms with Crippen LogP contribution in [0.1, 0.15) is 5.56 Å². The van der Waals surface area contributed by atoms with E-state index in [9.17, 15) is 13.2 Å². The molecule has 1 aromatic rings. The fourth-order valence-corrected chi connectivity index (χ4v) is 1.29. The highest BCUT2D eigenvalue weighted by Crippen LogP contribution is 2.25. The lowest BCUT2D eigenvalue weighted by Gasteiger charge is -2.20. The Bertz CT molecular complexity index is 355. The van der Waals surface area contributed by atoms with Crippen molar-refractivity contribution >= 4 is 0 Å². The van der Waals surface area contributed by atoms with E-state index in [0.29, 0.717) is 6.61 Å². The first-order chi connectivity index (χ1) is 7.97. The van der Waals surface area contributed by atoms with Crippen LogP contribution in [-0.2, 0) is 11.3 Å². The first kappa shape index (κ1) is 13.8. The minimum Gasteiger partial charge on any atom is -0.480 e. The van der Waals surface area contributed by atoms with Crippen LogP contribution in [0.3, 0.4) is 0 Å². The van der Waals surface area contributed by atoms with Crippen LogP contribution in [0.25, 0.3) is 0 Å². The van der Waals surface area contributed by atoms with Gasteiger partial charge in [0.2, 0.25) is 6.10 Å². The summed E-state index contributed by atoms with van der Waals surface area (Å²) in [4.78, 5) is 0. The molecule has 2 N–H and O–H groups in total. The van der Waals surface area contributed by atoms with E-state index in [-0.39, 0.29) is 5.75 Å². The Balaban J connectivity index is 2.76. The van der Waals surface area contributed by atoms with Crippen LogP contribution in [-0.4, -0.2) is 25.9 Å². The molecule has 1 aromatic carbocycles. The number of ether oxygens (including phenoxy) is 2. The van der Waals surface area contributed by atoms with Crippen molar-refractivity contribution in [3.05, 3.63) is 29.8 Å². The number of methoxy groups -OCH3 is 1. The summed E-state index contributed by atoms with van der Waals surface area (Å²) in [7, 11) is 1.51. The summed E-state index contributed by atoms with van der Waals surface area (Å²) in [6, 6.07) is 6.29. The smallest absolute Gasteiger partial charge is 0.426 e. The van der Waals surface area contributed by atoms with Crippen LogP contribution in [0.2, 0.25) is 0 Å². The zero-order chi connectivity index (χ0) is 12.9. The third-order valence-corrected chi connectivity index (χ3v) is 2.07. The van der Waals surface area contributed by atoms with Crippen molar-refractivity contribution in [2.24, 2.45) is 5.73 Å². The first-order valence-corrected chi connectivity index (χ1v) is 4.98. The summed E-state index contributed by atoms with van der Waals surface area (Å²) in [5.41, 5.74) is 5.77. The molecule has 6 heteroatoms. The van der Waals surface area contributed by atoms with Crippen LogP contribution in [0.15, 0.2) is 24.3 Å². The van der Waals surface area contributed by atoms with Gasteiger partial charge in [-0.25, -0.2) is 0 Å². The topological polar surface area (TPSA) is 44.5 Å². The maximum absolute atomic E-state index is 12.4. The Hall–Kier alpha value is -1.27. The maximum atomic E-state index is 12.4. The number of rotatable bonds is 5. The van der Waals surface area contributed by atoms with Crippen molar-refractivity contribution < 1.29 is 22.6 Å². The SMILES string of the molecule is COCc1cccc(OC(CN)C(F)(F)F)c1. The molecule has 0 heterocycles. The van der Waals surface area contributed by atoms with Gasteiger partial charge in [0.1, 0.15) is 5.75 Å². The number of hydrogen-bond donors (Lipinski definition) is 1. The van der Waals surface area contributed by atoms with Crippen LogP contribution < -0.4 is 10.5 Å². The molecule has 0 aromatic heterocycles. The van der Waals surface area contributed by atoms with Gasteiger partial charge in [0.15, 0.2) is 0 Å². The zero-order valence-electron chi connectivity index (χ0n) is 9.33. The highest BCUT2D eigenvalue weighted by molar-refractivity contribution is 5.28. The largest absolute Gasteiger partial charge is 0.480 e. The third kappa shape index (κ3) is 4.24. The lowest BCUT2D eigenvalue weighted by Crippen LogP contribution is -2.40. The third-order valence-electron chi connectivity index (χ3n) is 2.07. The van der Waals surface area contributed by atoms with E-state index in [1.54, 1.807) is 12.1 Å². The molecule has 0 radical (unpaired) electrons. The highest BCUT2D eigenvalue weighted by Gasteiger charge is 2.40. The van der Waals surface area contributed by atoms with Gasteiger partial charge in [0.25, 0.3) is 0 Å². The van der Waals surface area contributed by atoms with E-state index >= 15 is 0 Å². The van der Waals surface area contributed by atoms with Gasteiger partial charge < -0.3 is 15.2 Å². The molecule has 1 unspecified atom stereocenters. The summed E-state index contributed by atoms with van der Waals surface area (Å²) >= 11 is 0. The molecule has 0 saturated heterocycles. The van der Waals surface area contributed by atoms with Crippen LogP contribution >= 0.6 is 0 Å². The number of halogens is 3. The molecule has 96 valence electrons. The average Bonchev–Trinajstić information content (AvgIpc) is 2.25. The number of alkyl halides is 3. The van der Waals surface area contributed by atoms with E-state index in [2.05, 4.69) is 0 Å². The fraction of sp³-hybridized carbons (Fsp3) is 0.455. The lowest BCUT2D eigenvalue weighted by atomic mass is 10.2. The second kappa shape index (κ2) is 5.88. The molecular weight excluding hydrogens is 235 g/mol. The molecule has 0 aliphatic rings. The molecule has 0 fully saturated rings. The Kier molecular flexibility index (Phi) is 4.77. The van der Waals surface area contributed by atoms with Crippen molar-refractivity contribution in [1.29, 1.82) is 0 Å². The lowest BCUT2D eigenvalue weighted by molar-refractivity contribution is -0.191. The highest BCUT2D eigenvalue weighted by atomic mass is 19.4. The van der Waals surface area contributed by atoms with Gasteiger partial charge in [-0.1, -0.05) is 12.1 Å². The summed E-state index contributed by atoms with van der Waals surface area (Å²) in [6.07, 6.45) is -6.45. The Labute approximate surface area is 97.3 Å². The molecule has 0 aliphatic heterocycles. The summed E-state index contributed by atoms with van der Waals surface area (Å²) in [5.74, 6) is 0.132. The number of nitrogens with two attached hydrogens (primary N) is 1. The van der Waals surface area contributed by atoms with E-state index in [1.807, 2.05) is 0 Å². The molecule has 0 bridgehead atoms. The van der Waals surface area contributed by atoms with Crippen molar-refractivity contribution in [2.45, 2.75) is 18.9 Å². The van der Waals surface area contributed by atoms with Crippen molar-refractivity contribution in [3.63, 3.8) is 0 Å². The quantitative estimate of drug-likeness (QED) is 0.869. The van der Waals surface area contributed by atoms with Crippen molar-refractivity contribution in [3.8, 4) is 5.75 Å².